The minimum Gasteiger partial charge on any atom is -0.455 e. The largest absolute Gasteiger partial charge is 0.455 e. The number of hydrogen-bond donors (Lipinski definition) is 1. The molecule has 1 fully saturated rings. The minimum absolute atomic E-state index is 0.0210. The number of piperidine rings is 1. The molecule has 2 unspecified atom stereocenters. The van der Waals surface area contributed by atoms with Crippen LogP contribution in [0.5, 0.6) is 0 Å². The van der Waals surface area contributed by atoms with Crippen LogP contribution in [0.1, 0.15) is 43.1 Å². The molecule has 36 heavy (non-hydrogen) atoms. The highest BCUT2D eigenvalue weighted by Gasteiger charge is 2.37. The Bertz CT molecular complexity index is 1080. The maximum atomic E-state index is 12.8. The van der Waals surface area contributed by atoms with E-state index in [1.807, 2.05) is 30.3 Å². The van der Waals surface area contributed by atoms with Crippen molar-refractivity contribution in [3.63, 3.8) is 0 Å². The van der Waals surface area contributed by atoms with Gasteiger partial charge >= 0.3 is 18.2 Å². The Labute approximate surface area is 208 Å². The molecule has 0 bridgehead atoms. The van der Waals surface area contributed by atoms with E-state index in [1.54, 1.807) is 20.8 Å². The van der Waals surface area contributed by atoms with Crippen LogP contribution in [0.3, 0.4) is 0 Å². The van der Waals surface area contributed by atoms with E-state index in [1.165, 1.54) is 29.2 Å². The highest BCUT2D eigenvalue weighted by Crippen LogP contribution is 2.20. The number of carbonyl (C=O) groups is 3. The van der Waals surface area contributed by atoms with Gasteiger partial charge in [0.25, 0.3) is 5.69 Å². The number of benzene rings is 2. The summed E-state index contributed by atoms with van der Waals surface area (Å²) in [5.74, 6) is -0.745. The van der Waals surface area contributed by atoms with E-state index in [0.717, 1.165) is 5.56 Å². The van der Waals surface area contributed by atoms with Crippen LogP contribution >= 0.6 is 0 Å². The molecule has 2 amide bonds. The van der Waals surface area contributed by atoms with E-state index in [2.05, 4.69) is 5.32 Å². The molecule has 1 aliphatic rings. The van der Waals surface area contributed by atoms with Crippen molar-refractivity contribution in [3.05, 3.63) is 75.8 Å². The van der Waals surface area contributed by atoms with E-state index in [0.29, 0.717) is 0 Å². The third-order valence-corrected chi connectivity index (χ3v) is 5.30. The third-order valence-electron chi connectivity index (χ3n) is 5.30. The van der Waals surface area contributed by atoms with Gasteiger partial charge in [0.15, 0.2) is 0 Å². The zero-order chi connectivity index (χ0) is 26.3. The molecule has 11 nitrogen and oxygen atoms in total. The zero-order valence-electron chi connectivity index (χ0n) is 20.3. The summed E-state index contributed by atoms with van der Waals surface area (Å²) in [4.78, 5) is 49.5. The average Bonchev–Trinajstić information content (AvgIpc) is 2.83. The molecular weight excluding hydrogens is 470 g/mol. The van der Waals surface area contributed by atoms with Gasteiger partial charge in [-0.1, -0.05) is 30.3 Å². The molecule has 2 aromatic rings. The van der Waals surface area contributed by atoms with Crippen LogP contribution in [-0.2, 0) is 20.8 Å². The summed E-state index contributed by atoms with van der Waals surface area (Å²) in [5, 5.41) is 13.6. The molecule has 1 aliphatic heterocycles. The third kappa shape index (κ3) is 7.69. The van der Waals surface area contributed by atoms with Crippen molar-refractivity contribution in [1.29, 1.82) is 0 Å². The first kappa shape index (κ1) is 26.5. The monoisotopic (exact) mass is 499 g/mol. The Morgan fingerprint density at radius 1 is 1.08 bits per heavy atom. The minimum atomic E-state index is -0.904. The van der Waals surface area contributed by atoms with E-state index >= 15 is 0 Å². The summed E-state index contributed by atoms with van der Waals surface area (Å²) < 4.78 is 16.3. The molecule has 0 aliphatic carbocycles. The van der Waals surface area contributed by atoms with Gasteiger partial charge in [0.05, 0.1) is 23.1 Å². The normalized spacial score (nSPS) is 17.6. The lowest BCUT2D eigenvalue weighted by Gasteiger charge is -2.37. The Kier molecular flexibility index (Phi) is 8.46. The van der Waals surface area contributed by atoms with Crippen LogP contribution in [0, 0.1) is 10.1 Å². The van der Waals surface area contributed by atoms with Gasteiger partial charge in [-0.25, -0.2) is 14.4 Å². The van der Waals surface area contributed by atoms with Gasteiger partial charge in [-0.05, 0) is 44.9 Å². The number of hydrogen-bond acceptors (Lipinski definition) is 8. The maximum Gasteiger partial charge on any atom is 0.410 e. The van der Waals surface area contributed by atoms with E-state index in [4.69, 9.17) is 14.2 Å². The fourth-order valence-electron chi connectivity index (χ4n) is 3.56. The Morgan fingerprint density at radius 3 is 2.36 bits per heavy atom. The Hall–Kier alpha value is -4.15. The Morgan fingerprint density at radius 2 is 1.75 bits per heavy atom. The van der Waals surface area contributed by atoms with Crippen molar-refractivity contribution in [1.82, 2.24) is 10.2 Å². The number of nitrogens with one attached hydrogen (secondary N) is 1. The highest BCUT2D eigenvalue weighted by atomic mass is 16.6. The van der Waals surface area contributed by atoms with Crippen molar-refractivity contribution >= 4 is 23.8 Å². The summed E-state index contributed by atoms with van der Waals surface area (Å²) >= 11 is 0. The first-order chi connectivity index (χ1) is 17.0. The van der Waals surface area contributed by atoms with Crippen LogP contribution in [0.15, 0.2) is 54.6 Å². The van der Waals surface area contributed by atoms with Crippen molar-refractivity contribution in [2.24, 2.45) is 0 Å². The molecule has 2 aromatic carbocycles. The van der Waals surface area contributed by atoms with E-state index in [9.17, 15) is 24.5 Å². The number of non-ortho nitro benzene ring substituents is 1. The van der Waals surface area contributed by atoms with Crippen molar-refractivity contribution < 1.29 is 33.5 Å². The predicted molar refractivity (Wildman–Crippen MR) is 128 cm³/mol. The second-order valence-corrected chi connectivity index (χ2v) is 9.28. The first-order valence-electron chi connectivity index (χ1n) is 11.4. The summed E-state index contributed by atoms with van der Waals surface area (Å²) in [5.41, 5.74) is 0.0339. The summed E-state index contributed by atoms with van der Waals surface area (Å²) in [6.07, 6.45) is -1.87. The lowest BCUT2D eigenvalue weighted by Crippen LogP contribution is -2.57. The van der Waals surface area contributed by atoms with Gasteiger partial charge < -0.3 is 24.4 Å². The van der Waals surface area contributed by atoms with Crippen molar-refractivity contribution in [2.45, 2.75) is 51.5 Å². The number of amides is 2. The molecule has 0 saturated carbocycles. The number of esters is 1. The van der Waals surface area contributed by atoms with Gasteiger partial charge in [-0.15, -0.1) is 0 Å². The second-order valence-electron chi connectivity index (χ2n) is 9.28. The van der Waals surface area contributed by atoms with Crippen LogP contribution in [0.25, 0.3) is 0 Å². The lowest BCUT2D eigenvalue weighted by molar-refractivity contribution is -0.384. The fourth-order valence-corrected chi connectivity index (χ4v) is 3.56. The fraction of sp³-hybridized carbons (Fsp3) is 0.400. The molecule has 3 rings (SSSR count). The molecule has 2 atom stereocenters. The van der Waals surface area contributed by atoms with Gasteiger partial charge in [-0.3, -0.25) is 10.1 Å². The molecule has 0 radical (unpaired) electrons. The van der Waals surface area contributed by atoms with E-state index in [-0.39, 0.29) is 37.4 Å². The number of nitro benzene ring substituents is 1. The van der Waals surface area contributed by atoms with Gasteiger partial charge in [0, 0.05) is 18.7 Å². The molecule has 192 valence electrons. The summed E-state index contributed by atoms with van der Waals surface area (Å²) in [6.45, 7) is 5.51. The molecule has 1 heterocycles. The zero-order valence-corrected chi connectivity index (χ0v) is 20.3. The topological polar surface area (TPSA) is 137 Å². The second kappa shape index (κ2) is 11.5. The van der Waals surface area contributed by atoms with Crippen LogP contribution in [0.4, 0.5) is 15.3 Å². The molecular formula is C25H29N3O8. The molecule has 0 spiro atoms. The number of carbonyl (C=O) groups excluding carboxylic acids is 3. The number of likely N-dealkylation sites (tertiary alicyclic amines) is 1. The van der Waals surface area contributed by atoms with Crippen molar-refractivity contribution in [3.8, 4) is 0 Å². The van der Waals surface area contributed by atoms with Crippen LogP contribution in [0.2, 0.25) is 0 Å². The highest BCUT2D eigenvalue weighted by molar-refractivity contribution is 5.89. The number of rotatable bonds is 6. The molecule has 1 N–H and O–H groups in total. The van der Waals surface area contributed by atoms with Crippen LogP contribution < -0.4 is 5.32 Å². The number of nitrogens with zero attached hydrogens (tertiary/aromatic N) is 2. The predicted octanol–water partition coefficient (Wildman–Crippen LogP) is 4.06. The number of alkyl carbamates (subject to hydrolysis) is 1. The average molecular weight is 500 g/mol. The maximum absolute atomic E-state index is 12.8. The van der Waals surface area contributed by atoms with Gasteiger partial charge in [-0.2, -0.15) is 0 Å². The van der Waals surface area contributed by atoms with Crippen LogP contribution in [-0.4, -0.2) is 58.8 Å². The Balaban J connectivity index is 1.69. The van der Waals surface area contributed by atoms with Gasteiger partial charge in [0.2, 0.25) is 0 Å². The SMILES string of the molecule is CC(C)(C)OC(=O)NC1CCN(C(=O)OCc2ccccc2)CC1OC(=O)c1ccc([N+](=O)[O-])cc1. The van der Waals surface area contributed by atoms with Crippen molar-refractivity contribution in [2.75, 3.05) is 13.1 Å². The van der Waals surface area contributed by atoms with E-state index < -0.39 is 40.8 Å². The molecule has 11 heteroatoms. The molecule has 0 aromatic heterocycles. The first-order valence-corrected chi connectivity index (χ1v) is 11.4. The molecule has 1 saturated heterocycles. The smallest absolute Gasteiger partial charge is 0.410 e. The standard InChI is InChI=1S/C25H29N3O8/c1-25(2,3)36-23(30)26-20-13-14-27(24(31)34-16-17-7-5-4-6-8-17)15-21(20)35-22(29)18-9-11-19(12-10-18)28(32)33/h4-12,20-21H,13-16H2,1-3H3,(H,26,30). The summed E-state index contributed by atoms with van der Waals surface area (Å²) in [6, 6.07) is 13.5. The number of ether oxygens (including phenoxy) is 3. The number of nitro groups is 1. The quantitative estimate of drug-likeness (QED) is 0.272. The lowest BCUT2D eigenvalue weighted by atomic mass is 10.0. The summed E-state index contributed by atoms with van der Waals surface area (Å²) in [7, 11) is 0. The van der Waals surface area contributed by atoms with Gasteiger partial charge in [0.1, 0.15) is 18.3 Å².